The van der Waals surface area contributed by atoms with E-state index in [9.17, 15) is 0 Å². The molecule has 0 amide bonds. The first-order valence-corrected chi connectivity index (χ1v) is 4.20. The van der Waals surface area contributed by atoms with Gasteiger partial charge in [-0.25, -0.2) is 0 Å². The minimum absolute atomic E-state index is 0. The molecule has 0 aliphatic rings. The zero-order valence-electron chi connectivity index (χ0n) is 8.80. The molecule has 12 heavy (non-hydrogen) atoms. The average Bonchev–Trinajstić information content (AvgIpc) is 1.89. The summed E-state index contributed by atoms with van der Waals surface area (Å²) in [6.45, 7) is 16.0. The van der Waals surface area contributed by atoms with E-state index in [0.717, 1.165) is 0 Å². The molecule has 74 valence electrons. The first-order chi connectivity index (χ1) is 4.54. The van der Waals surface area contributed by atoms with Crippen molar-refractivity contribution >= 4 is 0 Å². The average molecular weight is 510 g/mol. The van der Waals surface area contributed by atoms with E-state index >= 15 is 0 Å². The molecule has 0 aromatic heterocycles. The first-order valence-electron chi connectivity index (χ1n) is 4.20. The van der Waals surface area contributed by atoms with Gasteiger partial charge in [-0.1, -0.05) is 40.5 Å². The molecule has 0 aromatic carbocycles. The van der Waals surface area contributed by atoms with Gasteiger partial charge in [0.1, 0.15) is 0 Å². The molecule has 0 aliphatic heterocycles. The smallest absolute Gasteiger partial charge is 0.341 e. The van der Waals surface area contributed by atoms with Gasteiger partial charge in [-0.15, -0.1) is 0 Å². The van der Waals surface area contributed by atoms with E-state index in [4.69, 9.17) is 0 Å². The summed E-state index contributed by atoms with van der Waals surface area (Å²) in [5.74, 6) is 1.27. The van der Waals surface area contributed by atoms with Crippen molar-refractivity contribution in [2.24, 2.45) is 11.8 Å². The zero-order chi connectivity index (χ0) is 8.57. The molecular formula is C10H22W2. The van der Waals surface area contributed by atoms with Crippen molar-refractivity contribution in [3.05, 3.63) is 13.8 Å². The Morgan fingerprint density at radius 2 is 1.00 bits per heavy atom. The molecule has 0 N–H and O–H groups in total. The van der Waals surface area contributed by atoms with Crippen molar-refractivity contribution in [2.75, 3.05) is 0 Å². The minimum Gasteiger partial charge on any atom is -0.341 e. The van der Waals surface area contributed by atoms with Crippen LogP contribution in [0.4, 0.5) is 0 Å². The summed E-state index contributed by atoms with van der Waals surface area (Å²) < 4.78 is 0. The van der Waals surface area contributed by atoms with E-state index < -0.39 is 0 Å². The van der Waals surface area contributed by atoms with Gasteiger partial charge in [-0.3, -0.25) is 0 Å². The monoisotopic (exact) mass is 510 g/mol. The SMILES string of the molecule is [CH2-]C(C)CC.[CH2-]C(C)CC.[W+2].[W]. The molecule has 0 nitrogen and oxygen atoms in total. The van der Waals surface area contributed by atoms with Gasteiger partial charge in [0.2, 0.25) is 0 Å². The normalized spacial score (nSPS) is 12.5. The van der Waals surface area contributed by atoms with Crippen LogP contribution in [0.3, 0.4) is 0 Å². The van der Waals surface area contributed by atoms with Gasteiger partial charge < -0.3 is 13.8 Å². The number of hydrogen-bond acceptors (Lipinski definition) is 0. The molecule has 0 saturated carbocycles. The van der Waals surface area contributed by atoms with E-state index in [1.165, 1.54) is 12.8 Å². The van der Waals surface area contributed by atoms with Crippen LogP contribution >= 0.6 is 0 Å². The van der Waals surface area contributed by atoms with Crippen LogP contribution in [0.15, 0.2) is 0 Å². The molecule has 0 spiro atoms. The Bertz CT molecular complexity index is 43.8. The van der Waals surface area contributed by atoms with E-state index in [-0.39, 0.29) is 42.1 Å². The number of rotatable bonds is 2. The van der Waals surface area contributed by atoms with Crippen molar-refractivity contribution < 1.29 is 42.1 Å². The van der Waals surface area contributed by atoms with Crippen LogP contribution in [0.25, 0.3) is 0 Å². The maximum absolute atomic E-state index is 3.76. The molecule has 0 heterocycles. The topological polar surface area (TPSA) is 0 Å². The first kappa shape index (κ1) is 23.3. The van der Waals surface area contributed by atoms with Crippen LogP contribution in [-0.4, -0.2) is 0 Å². The van der Waals surface area contributed by atoms with Gasteiger partial charge in [0.05, 0.1) is 0 Å². The Labute approximate surface area is 108 Å². The van der Waals surface area contributed by atoms with Gasteiger partial charge in [-0.05, 0) is 0 Å². The van der Waals surface area contributed by atoms with E-state index in [0.29, 0.717) is 11.8 Å². The Morgan fingerprint density at radius 1 is 0.917 bits per heavy atom. The van der Waals surface area contributed by atoms with E-state index in [1.807, 2.05) is 0 Å². The van der Waals surface area contributed by atoms with Crippen LogP contribution in [0.2, 0.25) is 0 Å². The molecular weight excluding hydrogens is 488 g/mol. The van der Waals surface area contributed by atoms with Gasteiger partial charge in [0, 0.05) is 21.1 Å². The van der Waals surface area contributed by atoms with Crippen LogP contribution in [0.5, 0.6) is 0 Å². The third kappa shape index (κ3) is 42.4. The Hall–Kier alpha value is 1.38. The molecule has 2 heteroatoms. The van der Waals surface area contributed by atoms with Crippen LogP contribution in [0.1, 0.15) is 40.5 Å². The summed E-state index contributed by atoms with van der Waals surface area (Å²) in [7, 11) is 0. The summed E-state index contributed by atoms with van der Waals surface area (Å²) in [6.07, 6.45) is 2.39. The Morgan fingerprint density at radius 3 is 1.00 bits per heavy atom. The molecule has 0 rings (SSSR count). The fraction of sp³-hybridized carbons (Fsp3) is 0.800. The predicted octanol–water partition coefficient (Wildman–Crippen LogP) is 3.73. The van der Waals surface area contributed by atoms with Crippen molar-refractivity contribution in [1.82, 2.24) is 0 Å². The van der Waals surface area contributed by atoms with Crippen molar-refractivity contribution in [1.29, 1.82) is 0 Å². The van der Waals surface area contributed by atoms with E-state index in [1.54, 1.807) is 0 Å². The fourth-order valence-corrected chi connectivity index (χ4v) is 0. The second kappa shape index (κ2) is 18.2. The maximum Gasteiger partial charge on any atom is 2.00 e. The summed E-state index contributed by atoms with van der Waals surface area (Å²) in [6, 6.07) is 0. The molecule has 0 radical (unpaired) electrons. The molecule has 0 aliphatic carbocycles. The van der Waals surface area contributed by atoms with Crippen molar-refractivity contribution in [3.8, 4) is 0 Å². The summed E-state index contributed by atoms with van der Waals surface area (Å²) in [4.78, 5) is 0. The third-order valence-electron chi connectivity index (χ3n) is 1.39. The third-order valence-corrected chi connectivity index (χ3v) is 1.39. The second-order valence-electron chi connectivity index (χ2n) is 3.03. The van der Waals surface area contributed by atoms with Crippen LogP contribution < -0.4 is 0 Å². The van der Waals surface area contributed by atoms with Crippen molar-refractivity contribution in [3.63, 3.8) is 0 Å². The van der Waals surface area contributed by atoms with Crippen molar-refractivity contribution in [2.45, 2.75) is 40.5 Å². The Balaban J connectivity index is -0.0000000457. The van der Waals surface area contributed by atoms with Gasteiger partial charge in [-0.2, -0.15) is 11.8 Å². The Kier molecular flexibility index (Phi) is 35.4. The summed E-state index contributed by atoms with van der Waals surface area (Å²) in [5.41, 5.74) is 0. The van der Waals surface area contributed by atoms with Crippen LogP contribution in [-0.2, 0) is 42.1 Å². The second-order valence-corrected chi connectivity index (χ2v) is 3.03. The predicted molar refractivity (Wildman–Crippen MR) is 49.6 cm³/mol. The molecule has 0 bridgehead atoms. The molecule has 2 unspecified atom stereocenters. The summed E-state index contributed by atoms with van der Waals surface area (Å²) in [5, 5.41) is 0. The summed E-state index contributed by atoms with van der Waals surface area (Å²) >= 11 is 0. The zero-order valence-corrected chi connectivity index (χ0v) is 14.7. The van der Waals surface area contributed by atoms with Crippen LogP contribution in [0, 0.1) is 25.7 Å². The van der Waals surface area contributed by atoms with Gasteiger partial charge in [0.25, 0.3) is 0 Å². The van der Waals surface area contributed by atoms with Gasteiger partial charge >= 0.3 is 21.1 Å². The fourth-order valence-electron chi connectivity index (χ4n) is 0. The van der Waals surface area contributed by atoms with E-state index in [2.05, 4.69) is 41.5 Å². The molecule has 2 atom stereocenters. The largest absolute Gasteiger partial charge is 2.00 e. The number of hydrogen-bond donors (Lipinski definition) is 0. The quantitative estimate of drug-likeness (QED) is 0.498. The standard InChI is InChI=1S/2C5H11.2W/c2*1-4-5(2)3;;/h2*5H,2,4H2,1,3H3;;/q2*-1;;+2. The maximum atomic E-state index is 3.76. The molecule has 0 aromatic rings. The molecule has 0 fully saturated rings. The molecule has 0 saturated heterocycles. The minimum atomic E-state index is 0. The van der Waals surface area contributed by atoms with Gasteiger partial charge in [0.15, 0.2) is 0 Å².